The van der Waals surface area contributed by atoms with Crippen LogP contribution in [0.2, 0.25) is 0 Å². The van der Waals surface area contributed by atoms with Crippen LogP contribution in [0.3, 0.4) is 0 Å². The lowest BCUT2D eigenvalue weighted by molar-refractivity contribution is 0.436. The molecular formula is C48H27N5O. The third-order valence-corrected chi connectivity index (χ3v) is 11.5. The molecule has 0 saturated carbocycles. The van der Waals surface area contributed by atoms with E-state index < -0.39 is 5.41 Å². The fourth-order valence-corrected chi connectivity index (χ4v) is 9.36. The van der Waals surface area contributed by atoms with Crippen molar-refractivity contribution in [3.8, 4) is 40.3 Å². The largest absolute Gasteiger partial charge is 0.457 e. The summed E-state index contributed by atoms with van der Waals surface area (Å²) >= 11 is 0. The van der Waals surface area contributed by atoms with E-state index in [0.717, 1.165) is 89.4 Å². The van der Waals surface area contributed by atoms with Gasteiger partial charge in [0.15, 0.2) is 0 Å². The Morgan fingerprint density at radius 1 is 0.481 bits per heavy atom. The monoisotopic (exact) mass is 689 g/mol. The molecule has 12 rings (SSSR count). The summed E-state index contributed by atoms with van der Waals surface area (Å²) in [5, 5.41) is 14.3. The lowest BCUT2D eigenvalue weighted by Gasteiger charge is -2.39. The maximum atomic E-state index is 9.79. The molecular weight excluding hydrogens is 663 g/mol. The number of fused-ring (bicyclic) bond motifs is 15. The second-order valence-corrected chi connectivity index (χ2v) is 14.1. The number of benzene rings is 6. The number of ether oxygens (including phenoxy) is 1. The van der Waals surface area contributed by atoms with E-state index in [0.29, 0.717) is 5.56 Å². The molecule has 54 heavy (non-hydrogen) atoms. The summed E-state index contributed by atoms with van der Waals surface area (Å²) in [6, 6.07) is 55.3. The van der Waals surface area contributed by atoms with Crippen LogP contribution in [0.4, 0.5) is 0 Å². The van der Waals surface area contributed by atoms with Crippen molar-refractivity contribution >= 4 is 43.6 Å². The van der Waals surface area contributed by atoms with Crippen LogP contribution in [0.5, 0.6) is 11.5 Å². The van der Waals surface area contributed by atoms with Gasteiger partial charge in [-0.05, 0) is 78.4 Å². The van der Waals surface area contributed by atoms with E-state index in [9.17, 15) is 5.26 Å². The predicted octanol–water partition coefficient (Wildman–Crippen LogP) is 11.0. The molecule has 6 aromatic carbocycles. The summed E-state index contributed by atoms with van der Waals surface area (Å²) in [6.45, 7) is 0. The Labute approximate surface area is 309 Å². The van der Waals surface area contributed by atoms with Gasteiger partial charge in [-0.1, -0.05) is 78.9 Å². The average molecular weight is 690 g/mol. The highest BCUT2D eigenvalue weighted by Gasteiger charge is 2.52. The molecule has 0 saturated heterocycles. The summed E-state index contributed by atoms with van der Waals surface area (Å²) in [5.41, 5.74) is 12.1. The van der Waals surface area contributed by atoms with Crippen molar-refractivity contribution in [3.05, 3.63) is 192 Å². The molecule has 5 heterocycles. The SMILES string of the molecule is N#Cc1ccc2c(c1)c1ccccc1n2-c1cnc2c(c1)C1(c3ccccc3Oc3ccc(-n4c5ccccc5c5ccccc54)cc31)c1cccnc1-2. The van der Waals surface area contributed by atoms with Crippen LogP contribution in [-0.4, -0.2) is 19.1 Å². The minimum atomic E-state index is -0.784. The Bertz CT molecular complexity index is 3240. The minimum Gasteiger partial charge on any atom is -0.457 e. The van der Waals surface area contributed by atoms with Crippen molar-refractivity contribution in [2.24, 2.45) is 0 Å². The van der Waals surface area contributed by atoms with E-state index in [-0.39, 0.29) is 0 Å². The van der Waals surface area contributed by atoms with E-state index in [1.165, 1.54) is 10.8 Å². The van der Waals surface area contributed by atoms with Gasteiger partial charge >= 0.3 is 0 Å². The van der Waals surface area contributed by atoms with Crippen LogP contribution in [0, 0.1) is 11.3 Å². The van der Waals surface area contributed by atoms with Gasteiger partial charge in [-0.15, -0.1) is 0 Å². The molecule has 0 bridgehead atoms. The van der Waals surface area contributed by atoms with Gasteiger partial charge in [-0.2, -0.15) is 5.26 Å². The Kier molecular flexibility index (Phi) is 5.68. The molecule has 6 heteroatoms. The number of rotatable bonds is 2. The first-order chi connectivity index (χ1) is 26.7. The zero-order valence-corrected chi connectivity index (χ0v) is 28.7. The summed E-state index contributed by atoms with van der Waals surface area (Å²) in [4.78, 5) is 10.3. The molecule has 0 fully saturated rings. The normalized spacial score (nSPS) is 15.2. The average Bonchev–Trinajstić information content (AvgIpc) is 3.85. The van der Waals surface area contributed by atoms with E-state index in [1.807, 2.05) is 48.8 Å². The first-order valence-electron chi connectivity index (χ1n) is 18.0. The van der Waals surface area contributed by atoms with E-state index in [1.54, 1.807) is 0 Å². The highest BCUT2D eigenvalue weighted by molar-refractivity contribution is 6.10. The molecule has 4 aromatic heterocycles. The predicted molar refractivity (Wildman–Crippen MR) is 213 cm³/mol. The summed E-state index contributed by atoms with van der Waals surface area (Å²) in [6.07, 6.45) is 3.82. The number of pyridine rings is 2. The number of aromatic nitrogens is 4. The highest BCUT2D eigenvalue weighted by Crippen LogP contribution is 2.61. The second kappa shape index (κ2) is 10.5. The fraction of sp³-hybridized carbons (Fsp3) is 0.0208. The first kappa shape index (κ1) is 29.1. The molecule has 6 nitrogen and oxygen atoms in total. The van der Waals surface area contributed by atoms with Gasteiger partial charge < -0.3 is 13.9 Å². The van der Waals surface area contributed by atoms with Crippen molar-refractivity contribution in [2.75, 3.05) is 0 Å². The van der Waals surface area contributed by atoms with Crippen LogP contribution in [-0.2, 0) is 5.41 Å². The summed E-state index contributed by atoms with van der Waals surface area (Å²) < 4.78 is 11.4. The Balaban J connectivity index is 1.19. The van der Waals surface area contributed by atoms with Crippen LogP contribution in [0.1, 0.15) is 27.8 Å². The highest BCUT2D eigenvalue weighted by atomic mass is 16.5. The molecule has 1 atom stereocenters. The lowest BCUT2D eigenvalue weighted by Crippen LogP contribution is -2.32. The van der Waals surface area contributed by atoms with Gasteiger partial charge in [0.05, 0.1) is 62.4 Å². The molecule has 1 aliphatic carbocycles. The van der Waals surface area contributed by atoms with Gasteiger partial charge in [-0.3, -0.25) is 9.97 Å². The number of nitriles is 1. The third kappa shape index (κ3) is 3.62. The zero-order valence-electron chi connectivity index (χ0n) is 28.7. The van der Waals surface area contributed by atoms with Gasteiger partial charge in [0.2, 0.25) is 0 Å². The number of hydrogen-bond donors (Lipinski definition) is 0. The van der Waals surface area contributed by atoms with Crippen molar-refractivity contribution in [1.29, 1.82) is 5.26 Å². The molecule has 0 N–H and O–H groups in total. The molecule has 2 aliphatic rings. The minimum absolute atomic E-state index is 0.632. The van der Waals surface area contributed by atoms with E-state index >= 15 is 0 Å². The van der Waals surface area contributed by atoms with Gasteiger partial charge in [-0.25, -0.2) is 0 Å². The van der Waals surface area contributed by atoms with Crippen LogP contribution >= 0.6 is 0 Å². The fourth-order valence-electron chi connectivity index (χ4n) is 9.36. The quantitative estimate of drug-likeness (QED) is 0.181. The number of hydrogen-bond acceptors (Lipinski definition) is 4. The Hall–Kier alpha value is -7.49. The van der Waals surface area contributed by atoms with Crippen LogP contribution < -0.4 is 4.74 Å². The summed E-state index contributed by atoms with van der Waals surface area (Å²) in [5.74, 6) is 1.61. The van der Waals surface area contributed by atoms with Crippen molar-refractivity contribution in [1.82, 2.24) is 19.1 Å². The molecule has 250 valence electrons. The van der Waals surface area contributed by atoms with Crippen molar-refractivity contribution in [3.63, 3.8) is 0 Å². The van der Waals surface area contributed by atoms with E-state index in [2.05, 4.69) is 130 Å². The van der Waals surface area contributed by atoms with Gasteiger partial charge in [0, 0.05) is 50.1 Å². The molecule has 0 radical (unpaired) electrons. The molecule has 1 spiro atoms. The smallest absolute Gasteiger partial charge is 0.132 e. The second-order valence-electron chi connectivity index (χ2n) is 14.1. The maximum absolute atomic E-state index is 9.79. The topological polar surface area (TPSA) is 68.7 Å². The third-order valence-electron chi connectivity index (χ3n) is 11.5. The molecule has 10 aromatic rings. The maximum Gasteiger partial charge on any atom is 0.132 e. The standard InChI is InChI=1S/C48H27N5O/c49-27-29-19-21-43-35(24-29)34-12-3-7-17-42(34)53(43)31-26-39-47(51-28-31)46-37(14-9-23-50-46)48(39)36-13-4-8-18-44(36)54-45-22-20-30(25-38(45)48)52-40-15-5-1-10-32(40)33-11-2-6-16-41(33)52/h1-26,28H. The first-order valence-corrected chi connectivity index (χ1v) is 18.0. The van der Waals surface area contributed by atoms with Gasteiger partial charge in [0.25, 0.3) is 0 Å². The molecule has 1 unspecified atom stereocenters. The Morgan fingerprint density at radius 2 is 1.07 bits per heavy atom. The van der Waals surface area contributed by atoms with E-state index in [4.69, 9.17) is 14.7 Å². The van der Waals surface area contributed by atoms with Crippen LogP contribution in [0.15, 0.2) is 164 Å². The Morgan fingerprint density at radius 3 is 1.83 bits per heavy atom. The number of nitrogens with zero attached hydrogens (tertiary/aromatic N) is 5. The zero-order chi connectivity index (χ0) is 35.5. The summed E-state index contributed by atoms with van der Waals surface area (Å²) in [7, 11) is 0. The van der Waals surface area contributed by atoms with Crippen molar-refractivity contribution in [2.45, 2.75) is 5.41 Å². The van der Waals surface area contributed by atoms with Crippen LogP contribution in [0.25, 0.3) is 66.4 Å². The molecule has 0 amide bonds. The van der Waals surface area contributed by atoms with Crippen molar-refractivity contribution < 1.29 is 4.74 Å². The number of para-hydroxylation sites is 4. The molecule has 1 aliphatic heterocycles. The van der Waals surface area contributed by atoms with Gasteiger partial charge in [0.1, 0.15) is 11.5 Å². The lowest BCUT2D eigenvalue weighted by atomic mass is 9.66.